The average Bonchev–Trinajstić information content (AvgIpc) is 2.84. The lowest BCUT2D eigenvalue weighted by atomic mass is 10.1. The monoisotopic (exact) mass is 162 g/mol. The molecule has 0 aromatic carbocycles. The average molecular weight is 162 g/mol. The maximum Gasteiger partial charge on any atom is 0.221 e. The number of hydrogen-bond donors (Lipinski definition) is 1. The molecule has 62 valence electrons. The Morgan fingerprint density at radius 2 is 2.17 bits per heavy atom. The van der Waals surface area contributed by atoms with Crippen molar-refractivity contribution in [1.82, 2.24) is 4.98 Å². The maximum atomic E-state index is 10.8. The summed E-state index contributed by atoms with van der Waals surface area (Å²) < 4.78 is 0. The number of amides is 1. The van der Waals surface area contributed by atoms with E-state index >= 15 is 0 Å². The Balaban J connectivity index is 2.11. The van der Waals surface area contributed by atoms with Crippen LogP contribution in [0.25, 0.3) is 0 Å². The molecule has 2 atom stereocenters. The van der Waals surface area contributed by atoms with E-state index < -0.39 is 0 Å². The van der Waals surface area contributed by atoms with Gasteiger partial charge in [0, 0.05) is 18.3 Å². The van der Waals surface area contributed by atoms with Crippen molar-refractivity contribution in [3.8, 4) is 0 Å². The lowest BCUT2D eigenvalue weighted by Gasteiger charge is -1.95. The molecule has 1 heterocycles. The first-order valence-corrected chi connectivity index (χ1v) is 3.98. The number of pyridine rings is 1. The molecule has 0 aliphatic heterocycles. The smallest absolute Gasteiger partial charge is 0.221 e. The van der Waals surface area contributed by atoms with E-state index in [4.69, 9.17) is 5.73 Å². The van der Waals surface area contributed by atoms with Gasteiger partial charge in [-0.15, -0.1) is 0 Å². The van der Waals surface area contributed by atoms with Gasteiger partial charge in [0.2, 0.25) is 5.91 Å². The Labute approximate surface area is 70.6 Å². The fourth-order valence-corrected chi connectivity index (χ4v) is 1.49. The van der Waals surface area contributed by atoms with Crippen LogP contribution in [0.3, 0.4) is 0 Å². The molecule has 0 spiro atoms. The Hall–Kier alpha value is -1.38. The number of nitrogens with two attached hydrogens (primary N) is 1. The summed E-state index contributed by atoms with van der Waals surface area (Å²) in [6, 6.07) is 3.88. The van der Waals surface area contributed by atoms with Crippen LogP contribution in [-0.2, 0) is 4.79 Å². The fourth-order valence-electron chi connectivity index (χ4n) is 1.49. The highest BCUT2D eigenvalue weighted by Crippen LogP contribution is 2.46. The molecule has 0 bridgehead atoms. The van der Waals surface area contributed by atoms with Crippen molar-refractivity contribution < 1.29 is 4.79 Å². The third kappa shape index (κ3) is 1.18. The van der Waals surface area contributed by atoms with Crippen LogP contribution in [-0.4, -0.2) is 10.9 Å². The summed E-state index contributed by atoms with van der Waals surface area (Å²) >= 11 is 0. The van der Waals surface area contributed by atoms with Crippen LogP contribution in [0.15, 0.2) is 24.5 Å². The molecule has 1 fully saturated rings. The highest BCUT2D eigenvalue weighted by Gasteiger charge is 2.42. The van der Waals surface area contributed by atoms with Gasteiger partial charge in [-0.05, 0) is 30.0 Å². The standard InChI is InChI=1S/C9H10N2O/c10-9(12)8-5-7(8)6-1-3-11-4-2-6/h1-4,7-8H,5H2,(H2,10,12)/t7-,8-/m1/s1. The molecule has 3 nitrogen and oxygen atoms in total. The molecule has 1 amide bonds. The van der Waals surface area contributed by atoms with E-state index in [9.17, 15) is 4.79 Å². The molecular formula is C9H10N2O. The second-order valence-corrected chi connectivity index (χ2v) is 3.13. The third-order valence-corrected chi connectivity index (χ3v) is 2.29. The van der Waals surface area contributed by atoms with E-state index in [2.05, 4.69) is 4.98 Å². The Morgan fingerprint density at radius 1 is 1.50 bits per heavy atom. The summed E-state index contributed by atoms with van der Waals surface area (Å²) in [4.78, 5) is 14.7. The first-order valence-electron chi connectivity index (χ1n) is 3.98. The molecule has 0 radical (unpaired) electrons. The number of aromatic nitrogens is 1. The number of rotatable bonds is 2. The zero-order chi connectivity index (χ0) is 8.55. The lowest BCUT2D eigenvalue weighted by Crippen LogP contribution is -2.13. The van der Waals surface area contributed by atoms with Crippen LogP contribution in [0.4, 0.5) is 0 Å². The SMILES string of the molecule is NC(=O)[C@@H]1C[C@@H]1c1ccncc1. The van der Waals surface area contributed by atoms with Crippen LogP contribution >= 0.6 is 0 Å². The van der Waals surface area contributed by atoms with Gasteiger partial charge in [-0.2, -0.15) is 0 Å². The van der Waals surface area contributed by atoms with Gasteiger partial charge in [0.15, 0.2) is 0 Å². The summed E-state index contributed by atoms with van der Waals surface area (Å²) in [5.41, 5.74) is 6.35. The molecule has 2 rings (SSSR count). The lowest BCUT2D eigenvalue weighted by molar-refractivity contribution is -0.119. The minimum Gasteiger partial charge on any atom is -0.369 e. The van der Waals surface area contributed by atoms with E-state index in [1.54, 1.807) is 12.4 Å². The van der Waals surface area contributed by atoms with Crippen molar-refractivity contribution in [3.05, 3.63) is 30.1 Å². The number of carbonyl (C=O) groups excluding carboxylic acids is 1. The fraction of sp³-hybridized carbons (Fsp3) is 0.333. The minimum absolute atomic E-state index is 0.0624. The van der Waals surface area contributed by atoms with Gasteiger partial charge in [-0.1, -0.05) is 0 Å². The summed E-state index contributed by atoms with van der Waals surface area (Å²) in [7, 11) is 0. The number of carbonyl (C=O) groups is 1. The van der Waals surface area contributed by atoms with Crippen molar-refractivity contribution in [2.75, 3.05) is 0 Å². The zero-order valence-electron chi connectivity index (χ0n) is 6.60. The van der Waals surface area contributed by atoms with Gasteiger partial charge in [-0.25, -0.2) is 0 Å². The summed E-state index contributed by atoms with van der Waals surface area (Å²) in [6.45, 7) is 0. The molecular weight excluding hydrogens is 152 g/mol. The highest BCUT2D eigenvalue weighted by molar-refractivity contribution is 5.81. The van der Waals surface area contributed by atoms with Gasteiger partial charge < -0.3 is 5.73 Å². The summed E-state index contributed by atoms with van der Waals surface area (Å²) in [5.74, 6) is 0.231. The van der Waals surface area contributed by atoms with Crippen LogP contribution in [0.1, 0.15) is 17.9 Å². The summed E-state index contributed by atoms with van der Waals surface area (Å²) in [5, 5.41) is 0. The zero-order valence-corrected chi connectivity index (χ0v) is 6.60. The predicted octanol–water partition coefficient (Wildman–Crippen LogP) is 0.670. The topological polar surface area (TPSA) is 56.0 Å². The van der Waals surface area contributed by atoms with Gasteiger partial charge in [0.05, 0.1) is 0 Å². The van der Waals surface area contributed by atoms with Gasteiger partial charge in [0.1, 0.15) is 0 Å². The normalized spacial score (nSPS) is 26.7. The quantitative estimate of drug-likeness (QED) is 0.694. The molecule has 1 aliphatic carbocycles. The van der Waals surface area contributed by atoms with E-state index in [1.807, 2.05) is 12.1 Å². The largest absolute Gasteiger partial charge is 0.369 e. The van der Waals surface area contributed by atoms with Crippen molar-refractivity contribution in [3.63, 3.8) is 0 Å². The first kappa shape index (κ1) is 7.28. The minimum atomic E-state index is -0.184. The van der Waals surface area contributed by atoms with Gasteiger partial charge in [-0.3, -0.25) is 9.78 Å². The van der Waals surface area contributed by atoms with Gasteiger partial charge in [0.25, 0.3) is 0 Å². The number of nitrogens with zero attached hydrogens (tertiary/aromatic N) is 1. The Bertz CT molecular complexity index is 297. The predicted molar refractivity (Wildman–Crippen MR) is 44.3 cm³/mol. The molecule has 0 saturated heterocycles. The van der Waals surface area contributed by atoms with E-state index in [0.717, 1.165) is 6.42 Å². The van der Waals surface area contributed by atoms with Crippen molar-refractivity contribution >= 4 is 5.91 Å². The first-order chi connectivity index (χ1) is 5.79. The molecule has 1 saturated carbocycles. The summed E-state index contributed by atoms with van der Waals surface area (Å²) in [6.07, 6.45) is 4.39. The second kappa shape index (κ2) is 2.59. The Kier molecular flexibility index (Phi) is 1.57. The molecule has 2 N–H and O–H groups in total. The van der Waals surface area contributed by atoms with Crippen molar-refractivity contribution in [2.24, 2.45) is 11.7 Å². The van der Waals surface area contributed by atoms with Crippen molar-refractivity contribution in [2.45, 2.75) is 12.3 Å². The number of primary amides is 1. The van der Waals surface area contributed by atoms with Crippen LogP contribution in [0.2, 0.25) is 0 Å². The third-order valence-electron chi connectivity index (χ3n) is 2.29. The second-order valence-electron chi connectivity index (χ2n) is 3.13. The molecule has 0 unspecified atom stereocenters. The maximum absolute atomic E-state index is 10.8. The molecule has 3 heteroatoms. The molecule has 1 aromatic heterocycles. The van der Waals surface area contributed by atoms with E-state index in [1.165, 1.54) is 5.56 Å². The van der Waals surface area contributed by atoms with Crippen LogP contribution in [0.5, 0.6) is 0 Å². The van der Waals surface area contributed by atoms with E-state index in [0.29, 0.717) is 5.92 Å². The van der Waals surface area contributed by atoms with Crippen LogP contribution in [0, 0.1) is 5.92 Å². The van der Waals surface area contributed by atoms with Crippen LogP contribution < -0.4 is 5.73 Å². The van der Waals surface area contributed by atoms with Gasteiger partial charge >= 0.3 is 0 Å². The van der Waals surface area contributed by atoms with Crippen molar-refractivity contribution in [1.29, 1.82) is 0 Å². The number of hydrogen-bond acceptors (Lipinski definition) is 2. The van der Waals surface area contributed by atoms with E-state index in [-0.39, 0.29) is 11.8 Å². The molecule has 12 heavy (non-hydrogen) atoms. The highest BCUT2D eigenvalue weighted by atomic mass is 16.1. The Morgan fingerprint density at radius 3 is 2.67 bits per heavy atom. The molecule has 1 aliphatic rings. The molecule has 1 aromatic rings.